The van der Waals surface area contributed by atoms with Gasteiger partial charge in [-0.1, -0.05) is 13.0 Å². The van der Waals surface area contributed by atoms with E-state index >= 15 is 0 Å². The van der Waals surface area contributed by atoms with E-state index in [4.69, 9.17) is 9.47 Å². The number of esters is 1. The number of aliphatic hydroxyl groups excluding tert-OH is 1. The van der Waals surface area contributed by atoms with Crippen molar-refractivity contribution < 1.29 is 33.8 Å². The minimum Gasteiger partial charge on any atom is -0.426 e. The number of hydrogen-bond donors (Lipinski definition) is 3. The Kier molecular flexibility index (Phi) is 8.83. The lowest BCUT2D eigenvalue weighted by Gasteiger charge is -2.30. The molecule has 0 radical (unpaired) electrons. The summed E-state index contributed by atoms with van der Waals surface area (Å²) < 4.78 is 10.1. The fraction of sp³-hybridized carbons (Fsp3) is 0.481. The largest absolute Gasteiger partial charge is 0.426 e. The van der Waals surface area contributed by atoms with Gasteiger partial charge < -0.3 is 25.2 Å². The molecule has 1 aromatic carbocycles. The number of nitrogens with zero attached hydrogens (tertiary/aromatic N) is 4. The molecule has 1 aromatic rings. The standard InChI is InChI=1S/C27H34N6O7/c1-5-10-28-25(36)20-12-32-22(16(20)3)23(29-13-30-32)33(27(38)40-14-39-26(37)17(4)34)21-11-18(7-6-15(21)2)24(35)31-19-8-9-19/h6-7,11,13,17,19-20,34H,5,8-10,12,14H2,1-4H3,(H,28,36)(H,31,35). The monoisotopic (exact) mass is 554 g/mol. The highest BCUT2D eigenvalue weighted by Crippen LogP contribution is 2.35. The van der Waals surface area contributed by atoms with Gasteiger partial charge in [-0.2, -0.15) is 5.10 Å². The summed E-state index contributed by atoms with van der Waals surface area (Å²) in [5.74, 6) is -1.79. The number of hydrazone groups is 1. The summed E-state index contributed by atoms with van der Waals surface area (Å²) in [6.07, 6.45) is 1.54. The van der Waals surface area contributed by atoms with Crippen molar-refractivity contribution in [1.82, 2.24) is 15.6 Å². The van der Waals surface area contributed by atoms with Crippen LogP contribution in [0.1, 0.15) is 56.0 Å². The number of aliphatic hydroxyl groups is 1. The summed E-state index contributed by atoms with van der Waals surface area (Å²) in [5, 5.41) is 21.1. The predicted octanol–water partition coefficient (Wildman–Crippen LogP) is 1.80. The molecule has 13 heteroatoms. The first kappa shape index (κ1) is 28.7. The number of aliphatic imine (C=N–C) groups is 1. The van der Waals surface area contributed by atoms with Crippen molar-refractivity contribution in [3.05, 3.63) is 40.6 Å². The highest BCUT2D eigenvalue weighted by molar-refractivity contribution is 6.24. The van der Waals surface area contributed by atoms with Crippen LogP contribution < -0.4 is 15.5 Å². The second-order valence-electron chi connectivity index (χ2n) is 9.89. The zero-order valence-electron chi connectivity index (χ0n) is 23.0. The number of ether oxygens (including phenoxy) is 2. The number of carbonyl (C=O) groups excluding carboxylic acids is 4. The van der Waals surface area contributed by atoms with Crippen LogP contribution in [0, 0.1) is 12.8 Å². The first-order chi connectivity index (χ1) is 19.1. The second kappa shape index (κ2) is 12.3. The molecule has 13 nitrogen and oxygen atoms in total. The minimum atomic E-state index is -1.40. The van der Waals surface area contributed by atoms with Crippen molar-refractivity contribution in [2.24, 2.45) is 16.0 Å². The van der Waals surface area contributed by atoms with E-state index in [9.17, 15) is 24.3 Å². The van der Waals surface area contributed by atoms with Crippen LogP contribution in [-0.4, -0.2) is 78.2 Å². The number of carbonyl (C=O) groups is 4. The summed E-state index contributed by atoms with van der Waals surface area (Å²) in [4.78, 5) is 56.5. The van der Waals surface area contributed by atoms with Gasteiger partial charge in [-0.05, 0) is 63.3 Å². The molecule has 3 aliphatic rings. The van der Waals surface area contributed by atoms with Gasteiger partial charge in [-0.25, -0.2) is 19.5 Å². The molecule has 3 amide bonds. The van der Waals surface area contributed by atoms with E-state index in [1.54, 1.807) is 37.1 Å². The fourth-order valence-electron chi connectivity index (χ4n) is 4.29. The third-order valence-electron chi connectivity index (χ3n) is 6.70. The lowest BCUT2D eigenvalue weighted by Crippen LogP contribution is -2.43. The molecule has 1 saturated carbocycles. The third-order valence-corrected chi connectivity index (χ3v) is 6.70. The molecule has 0 saturated heterocycles. The number of amidine groups is 1. The highest BCUT2D eigenvalue weighted by atomic mass is 16.7. The lowest BCUT2D eigenvalue weighted by atomic mass is 10.0. The Morgan fingerprint density at radius 2 is 1.95 bits per heavy atom. The SMILES string of the molecule is CCCNC(=O)C1CN2N=CN=C(N(C(=O)OCOC(=O)C(C)O)c3cc(C(=O)NC4CC4)ccc3C)C2=C1C. The third kappa shape index (κ3) is 6.30. The first-order valence-electron chi connectivity index (χ1n) is 13.2. The number of anilines is 1. The van der Waals surface area contributed by atoms with Gasteiger partial charge in [0.15, 0.2) is 5.84 Å². The fourth-order valence-corrected chi connectivity index (χ4v) is 4.29. The molecule has 2 heterocycles. The average Bonchev–Trinajstić information content (AvgIpc) is 3.68. The van der Waals surface area contributed by atoms with Gasteiger partial charge in [-0.3, -0.25) is 14.6 Å². The van der Waals surface area contributed by atoms with E-state index in [0.717, 1.165) is 19.3 Å². The Morgan fingerprint density at radius 1 is 1.20 bits per heavy atom. The zero-order chi connectivity index (χ0) is 29.0. The van der Waals surface area contributed by atoms with E-state index in [2.05, 4.69) is 20.7 Å². The Balaban J connectivity index is 1.71. The van der Waals surface area contributed by atoms with Gasteiger partial charge >= 0.3 is 12.1 Å². The molecule has 1 fully saturated rings. The number of benzene rings is 1. The normalized spacial score (nSPS) is 18.5. The predicted molar refractivity (Wildman–Crippen MR) is 145 cm³/mol. The molecule has 0 bridgehead atoms. The van der Waals surface area contributed by atoms with Crippen LogP contribution >= 0.6 is 0 Å². The molecule has 0 aromatic heterocycles. The van der Waals surface area contributed by atoms with Crippen molar-refractivity contribution in [2.45, 2.75) is 59.1 Å². The Bertz CT molecular complexity index is 1280. The molecule has 214 valence electrons. The molecular weight excluding hydrogens is 520 g/mol. The number of aryl methyl sites for hydroxylation is 1. The van der Waals surface area contributed by atoms with E-state index in [-0.39, 0.29) is 30.2 Å². The van der Waals surface area contributed by atoms with Gasteiger partial charge in [-0.15, -0.1) is 0 Å². The first-order valence-corrected chi connectivity index (χ1v) is 13.2. The molecule has 3 N–H and O–H groups in total. The Labute approximate surface area is 231 Å². The van der Waals surface area contributed by atoms with Crippen molar-refractivity contribution in [3.63, 3.8) is 0 Å². The maximum Gasteiger partial charge on any atom is 0.423 e. The van der Waals surface area contributed by atoms with Crippen LogP contribution in [0.3, 0.4) is 0 Å². The number of nitrogens with one attached hydrogen (secondary N) is 2. The molecule has 2 aliphatic heterocycles. The van der Waals surface area contributed by atoms with Gasteiger partial charge in [0.05, 0.1) is 18.2 Å². The summed E-state index contributed by atoms with van der Waals surface area (Å²) in [6, 6.07) is 5.06. The van der Waals surface area contributed by atoms with Crippen LogP contribution in [0.25, 0.3) is 0 Å². The van der Waals surface area contributed by atoms with E-state index in [1.165, 1.54) is 18.2 Å². The van der Waals surface area contributed by atoms with Crippen LogP contribution in [0.4, 0.5) is 10.5 Å². The van der Waals surface area contributed by atoms with Gasteiger partial charge in [0.2, 0.25) is 12.7 Å². The number of amides is 3. The molecule has 40 heavy (non-hydrogen) atoms. The van der Waals surface area contributed by atoms with Crippen molar-refractivity contribution in [3.8, 4) is 0 Å². The number of hydrogen-bond acceptors (Lipinski definition) is 10. The second-order valence-corrected chi connectivity index (χ2v) is 9.89. The van der Waals surface area contributed by atoms with Crippen LogP contribution in [0.2, 0.25) is 0 Å². The summed E-state index contributed by atoms with van der Waals surface area (Å²) in [5.41, 5.74) is 2.38. The van der Waals surface area contributed by atoms with Crippen LogP contribution in [0.5, 0.6) is 0 Å². The topological polar surface area (TPSA) is 162 Å². The summed E-state index contributed by atoms with van der Waals surface area (Å²) in [7, 11) is 0. The van der Waals surface area contributed by atoms with Gasteiger partial charge in [0.25, 0.3) is 5.91 Å². The highest BCUT2D eigenvalue weighted by Gasteiger charge is 2.41. The quantitative estimate of drug-likeness (QED) is 0.307. The smallest absolute Gasteiger partial charge is 0.423 e. The summed E-state index contributed by atoms with van der Waals surface area (Å²) >= 11 is 0. The van der Waals surface area contributed by atoms with Crippen LogP contribution in [0.15, 0.2) is 39.6 Å². The van der Waals surface area contributed by atoms with E-state index in [0.29, 0.717) is 34.6 Å². The maximum atomic E-state index is 13.6. The van der Waals surface area contributed by atoms with Crippen molar-refractivity contribution in [2.75, 3.05) is 24.8 Å². The molecular formula is C27H34N6O7. The molecule has 0 spiro atoms. The lowest BCUT2D eigenvalue weighted by molar-refractivity contribution is -0.160. The summed E-state index contributed by atoms with van der Waals surface area (Å²) in [6.45, 7) is 6.75. The molecule has 4 rings (SSSR count). The number of rotatable bonds is 9. The molecule has 1 aliphatic carbocycles. The van der Waals surface area contributed by atoms with Crippen molar-refractivity contribution >= 4 is 41.7 Å². The van der Waals surface area contributed by atoms with E-state index < -0.39 is 30.9 Å². The minimum absolute atomic E-state index is 0.132. The Morgan fingerprint density at radius 3 is 2.62 bits per heavy atom. The van der Waals surface area contributed by atoms with Gasteiger partial charge in [0, 0.05) is 18.2 Å². The average molecular weight is 555 g/mol. The molecule has 2 unspecified atom stereocenters. The zero-order valence-corrected chi connectivity index (χ0v) is 23.0. The van der Waals surface area contributed by atoms with E-state index in [1.807, 2.05) is 6.92 Å². The molecule has 2 atom stereocenters. The van der Waals surface area contributed by atoms with Gasteiger partial charge in [0.1, 0.15) is 18.1 Å². The maximum absolute atomic E-state index is 13.6. The Hall–Kier alpha value is -4.26. The number of fused-ring (bicyclic) bond motifs is 1. The van der Waals surface area contributed by atoms with Crippen LogP contribution in [-0.2, 0) is 19.1 Å². The van der Waals surface area contributed by atoms with Crippen molar-refractivity contribution in [1.29, 1.82) is 0 Å².